The smallest absolute Gasteiger partial charge is 0.0837 e. The van der Waals surface area contributed by atoms with E-state index in [9.17, 15) is 5.11 Å². The van der Waals surface area contributed by atoms with Crippen LogP contribution in [-0.2, 0) is 9.47 Å². The van der Waals surface area contributed by atoms with Gasteiger partial charge in [0.15, 0.2) is 0 Å². The summed E-state index contributed by atoms with van der Waals surface area (Å²) in [6.45, 7) is 9.53. The molecular formula is C15H30O3. The standard InChI is InChI=1S/C15H30O3/c1-5-6-12-7-8-13(16)14(11-12)17-9-10-18-15(2,3)4/h12-14,16H,5-11H2,1-4H3. The van der Waals surface area contributed by atoms with Crippen molar-refractivity contribution in [2.75, 3.05) is 13.2 Å². The van der Waals surface area contributed by atoms with Crippen molar-refractivity contribution in [3.8, 4) is 0 Å². The molecular weight excluding hydrogens is 228 g/mol. The average Bonchev–Trinajstić information content (AvgIpc) is 2.27. The lowest BCUT2D eigenvalue weighted by molar-refractivity contribution is -0.100. The Hall–Kier alpha value is -0.120. The molecule has 1 fully saturated rings. The second-order valence-corrected chi connectivity index (χ2v) is 6.41. The van der Waals surface area contributed by atoms with Crippen molar-refractivity contribution in [3.05, 3.63) is 0 Å². The maximum Gasteiger partial charge on any atom is 0.0837 e. The van der Waals surface area contributed by atoms with Gasteiger partial charge in [0.2, 0.25) is 0 Å². The van der Waals surface area contributed by atoms with Crippen LogP contribution in [0.1, 0.15) is 59.8 Å². The summed E-state index contributed by atoms with van der Waals surface area (Å²) < 4.78 is 11.4. The minimum atomic E-state index is -0.284. The highest BCUT2D eigenvalue weighted by Crippen LogP contribution is 2.29. The molecule has 1 saturated carbocycles. The molecule has 0 radical (unpaired) electrons. The van der Waals surface area contributed by atoms with Crippen LogP contribution in [0.3, 0.4) is 0 Å². The third kappa shape index (κ3) is 6.17. The van der Waals surface area contributed by atoms with Crippen LogP contribution < -0.4 is 0 Å². The minimum Gasteiger partial charge on any atom is -0.390 e. The van der Waals surface area contributed by atoms with E-state index < -0.39 is 0 Å². The van der Waals surface area contributed by atoms with Crippen LogP contribution >= 0.6 is 0 Å². The van der Waals surface area contributed by atoms with Crippen LogP contribution in [0, 0.1) is 5.92 Å². The Morgan fingerprint density at radius 2 is 1.89 bits per heavy atom. The normalized spacial score (nSPS) is 29.5. The number of hydrogen-bond acceptors (Lipinski definition) is 3. The molecule has 3 atom stereocenters. The Balaban J connectivity index is 2.22. The molecule has 3 heteroatoms. The van der Waals surface area contributed by atoms with Gasteiger partial charge in [-0.3, -0.25) is 0 Å². The third-order valence-corrected chi connectivity index (χ3v) is 3.51. The topological polar surface area (TPSA) is 38.7 Å². The first-order valence-corrected chi connectivity index (χ1v) is 7.36. The fourth-order valence-corrected chi connectivity index (χ4v) is 2.59. The van der Waals surface area contributed by atoms with E-state index in [2.05, 4.69) is 6.92 Å². The maximum atomic E-state index is 9.95. The van der Waals surface area contributed by atoms with Crippen molar-refractivity contribution < 1.29 is 14.6 Å². The van der Waals surface area contributed by atoms with Crippen LogP contribution in [0.15, 0.2) is 0 Å². The molecule has 0 bridgehead atoms. The van der Waals surface area contributed by atoms with Crippen molar-refractivity contribution in [1.82, 2.24) is 0 Å². The molecule has 3 unspecified atom stereocenters. The number of aliphatic hydroxyl groups is 1. The fraction of sp³-hybridized carbons (Fsp3) is 1.00. The van der Waals surface area contributed by atoms with E-state index in [1.807, 2.05) is 20.8 Å². The zero-order valence-corrected chi connectivity index (χ0v) is 12.4. The zero-order chi connectivity index (χ0) is 13.6. The molecule has 1 aliphatic rings. The van der Waals surface area contributed by atoms with E-state index in [1.54, 1.807) is 0 Å². The van der Waals surface area contributed by atoms with Gasteiger partial charge in [0.1, 0.15) is 0 Å². The van der Waals surface area contributed by atoms with E-state index in [1.165, 1.54) is 12.8 Å². The predicted molar refractivity (Wildman–Crippen MR) is 73.7 cm³/mol. The molecule has 1 aliphatic carbocycles. The monoisotopic (exact) mass is 258 g/mol. The molecule has 1 N–H and O–H groups in total. The van der Waals surface area contributed by atoms with Crippen LogP contribution in [0.2, 0.25) is 0 Å². The number of aliphatic hydroxyl groups excluding tert-OH is 1. The zero-order valence-electron chi connectivity index (χ0n) is 12.4. The molecule has 108 valence electrons. The Kier molecular flexibility index (Phi) is 6.61. The summed E-state index contributed by atoms with van der Waals surface area (Å²) in [5.41, 5.74) is -0.112. The van der Waals surface area contributed by atoms with Gasteiger partial charge < -0.3 is 14.6 Å². The highest BCUT2D eigenvalue weighted by molar-refractivity contribution is 4.80. The molecule has 1 rings (SSSR count). The first-order valence-electron chi connectivity index (χ1n) is 7.36. The van der Waals surface area contributed by atoms with E-state index in [0.717, 1.165) is 25.2 Å². The lowest BCUT2D eigenvalue weighted by Crippen LogP contribution is -2.37. The molecule has 3 nitrogen and oxygen atoms in total. The Labute approximate surface area is 112 Å². The van der Waals surface area contributed by atoms with Gasteiger partial charge in [-0.05, 0) is 46.0 Å². The average molecular weight is 258 g/mol. The molecule has 0 aromatic heterocycles. The Morgan fingerprint density at radius 3 is 2.50 bits per heavy atom. The molecule has 0 saturated heterocycles. The van der Waals surface area contributed by atoms with Crippen LogP contribution in [0.5, 0.6) is 0 Å². The van der Waals surface area contributed by atoms with Gasteiger partial charge in [0, 0.05) is 0 Å². The molecule has 0 spiro atoms. The van der Waals surface area contributed by atoms with Crippen LogP contribution in [0.4, 0.5) is 0 Å². The summed E-state index contributed by atoms with van der Waals surface area (Å²) in [6, 6.07) is 0. The second-order valence-electron chi connectivity index (χ2n) is 6.41. The molecule has 0 aromatic rings. The van der Waals surface area contributed by atoms with Crippen molar-refractivity contribution in [2.45, 2.75) is 77.6 Å². The summed E-state index contributed by atoms with van der Waals surface area (Å²) in [4.78, 5) is 0. The predicted octanol–water partition coefficient (Wildman–Crippen LogP) is 3.15. The molecule has 0 heterocycles. The lowest BCUT2D eigenvalue weighted by Gasteiger charge is -2.33. The van der Waals surface area contributed by atoms with Gasteiger partial charge in [0.25, 0.3) is 0 Å². The summed E-state index contributed by atoms with van der Waals surface area (Å²) in [6.07, 6.45) is 5.24. The van der Waals surface area contributed by atoms with Gasteiger partial charge in [-0.15, -0.1) is 0 Å². The van der Waals surface area contributed by atoms with Crippen molar-refractivity contribution in [1.29, 1.82) is 0 Å². The molecule has 18 heavy (non-hydrogen) atoms. The highest BCUT2D eigenvalue weighted by Gasteiger charge is 2.29. The van der Waals surface area contributed by atoms with Crippen molar-refractivity contribution in [3.63, 3.8) is 0 Å². The molecule has 0 amide bonds. The third-order valence-electron chi connectivity index (χ3n) is 3.51. The summed E-state index contributed by atoms with van der Waals surface area (Å²) >= 11 is 0. The summed E-state index contributed by atoms with van der Waals surface area (Å²) in [7, 11) is 0. The van der Waals surface area contributed by atoms with E-state index >= 15 is 0 Å². The molecule has 0 aromatic carbocycles. The van der Waals surface area contributed by atoms with E-state index in [-0.39, 0.29) is 17.8 Å². The van der Waals surface area contributed by atoms with Gasteiger partial charge in [-0.2, -0.15) is 0 Å². The Morgan fingerprint density at radius 1 is 1.17 bits per heavy atom. The second kappa shape index (κ2) is 7.46. The van der Waals surface area contributed by atoms with Crippen LogP contribution in [0.25, 0.3) is 0 Å². The first-order chi connectivity index (χ1) is 8.42. The van der Waals surface area contributed by atoms with E-state index in [0.29, 0.717) is 13.2 Å². The van der Waals surface area contributed by atoms with Gasteiger partial charge in [0.05, 0.1) is 31.0 Å². The fourth-order valence-electron chi connectivity index (χ4n) is 2.59. The van der Waals surface area contributed by atoms with Crippen molar-refractivity contribution in [2.24, 2.45) is 5.92 Å². The summed E-state index contributed by atoms with van der Waals surface area (Å²) in [5.74, 6) is 0.729. The quantitative estimate of drug-likeness (QED) is 0.744. The Bertz CT molecular complexity index is 222. The van der Waals surface area contributed by atoms with Crippen molar-refractivity contribution >= 4 is 0 Å². The first kappa shape index (κ1) is 15.9. The highest BCUT2D eigenvalue weighted by atomic mass is 16.5. The minimum absolute atomic E-state index is 0.0128. The number of rotatable bonds is 6. The maximum absolute atomic E-state index is 9.95. The van der Waals surface area contributed by atoms with Crippen LogP contribution in [-0.4, -0.2) is 36.1 Å². The molecule has 0 aliphatic heterocycles. The SMILES string of the molecule is CCCC1CCC(O)C(OCCOC(C)(C)C)C1. The largest absolute Gasteiger partial charge is 0.390 e. The number of ether oxygens (including phenoxy) is 2. The van der Waals surface area contributed by atoms with Gasteiger partial charge in [-0.1, -0.05) is 19.8 Å². The lowest BCUT2D eigenvalue weighted by atomic mass is 9.83. The number of hydrogen-bond donors (Lipinski definition) is 1. The van der Waals surface area contributed by atoms with E-state index in [4.69, 9.17) is 9.47 Å². The van der Waals surface area contributed by atoms with Gasteiger partial charge >= 0.3 is 0 Å². The van der Waals surface area contributed by atoms with Gasteiger partial charge in [-0.25, -0.2) is 0 Å². The summed E-state index contributed by atoms with van der Waals surface area (Å²) in [5, 5.41) is 9.95.